The standard InChI is InChI=1S/C14H21N/c1-7-14(9-8-11(2)3)12(4)10-13(5)15-6/h7-10H,1H2,2-6H3/b12-10+,14-9+,15-13?. The Morgan fingerprint density at radius 2 is 1.67 bits per heavy atom. The van der Waals surface area contributed by atoms with E-state index in [1.807, 2.05) is 13.0 Å². The van der Waals surface area contributed by atoms with Crippen molar-refractivity contribution in [2.24, 2.45) is 4.99 Å². The molecule has 0 saturated heterocycles. The Labute approximate surface area is 93.6 Å². The number of aliphatic imine (C=N–C) groups is 1. The highest BCUT2D eigenvalue weighted by Crippen LogP contribution is 2.11. The summed E-state index contributed by atoms with van der Waals surface area (Å²) in [6.07, 6.45) is 8.10. The van der Waals surface area contributed by atoms with Crippen LogP contribution in [-0.4, -0.2) is 12.8 Å². The van der Waals surface area contributed by atoms with Crippen LogP contribution in [0.15, 0.2) is 52.6 Å². The maximum atomic E-state index is 4.10. The summed E-state index contributed by atoms with van der Waals surface area (Å²) in [5, 5.41) is 0. The molecule has 15 heavy (non-hydrogen) atoms. The molecule has 0 aromatic heterocycles. The molecule has 0 aliphatic heterocycles. The Morgan fingerprint density at radius 1 is 1.07 bits per heavy atom. The lowest BCUT2D eigenvalue weighted by Gasteiger charge is -2.01. The van der Waals surface area contributed by atoms with Gasteiger partial charge in [0.15, 0.2) is 0 Å². The molecule has 0 heterocycles. The van der Waals surface area contributed by atoms with Crippen molar-refractivity contribution in [2.75, 3.05) is 7.05 Å². The van der Waals surface area contributed by atoms with Gasteiger partial charge in [0, 0.05) is 12.8 Å². The van der Waals surface area contributed by atoms with Crippen LogP contribution >= 0.6 is 0 Å². The van der Waals surface area contributed by atoms with E-state index in [2.05, 4.69) is 50.6 Å². The van der Waals surface area contributed by atoms with Crippen molar-refractivity contribution in [3.63, 3.8) is 0 Å². The van der Waals surface area contributed by atoms with Crippen molar-refractivity contribution in [3.05, 3.63) is 47.6 Å². The molecule has 0 aliphatic carbocycles. The number of allylic oxidation sites excluding steroid dienone is 7. The first kappa shape index (κ1) is 13.6. The molecule has 1 heteroatoms. The van der Waals surface area contributed by atoms with Crippen molar-refractivity contribution in [3.8, 4) is 0 Å². The van der Waals surface area contributed by atoms with Gasteiger partial charge in [0.1, 0.15) is 0 Å². The summed E-state index contributed by atoms with van der Waals surface area (Å²) in [4.78, 5) is 4.10. The van der Waals surface area contributed by atoms with Crippen LogP contribution in [0.2, 0.25) is 0 Å². The van der Waals surface area contributed by atoms with E-state index in [1.165, 1.54) is 11.1 Å². The number of hydrogen-bond donors (Lipinski definition) is 0. The van der Waals surface area contributed by atoms with Gasteiger partial charge in [0.25, 0.3) is 0 Å². The van der Waals surface area contributed by atoms with Gasteiger partial charge in [-0.05, 0) is 44.9 Å². The van der Waals surface area contributed by atoms with Crippen LogP contribution in [0.25, 0.3) is 0 Å². The SMILES string of the molecule is C=CC(=C\C=C(C)C)/C(C)=C/C(C)=NC. The van der Waals surface area contributed by atoms with Crippen LogP contribution in [0.5, 0.6) is 0 Å². The van der Waals surface area contributed by atoms with E-state index in [1.54, 1.807) is 7.05 Å². The first-order valence-corrected chi connectivity index (χ1v) is 5.11. The van der Waals surface area contributed by atoms with Crippen molar-refractivity contribution in [1.29, 1.82) is 0 Å². The molecule has 0 aromatic carbocycles. The molecule has 0 aliphatic rings. The van der Waals surface area contributed by atoms with E-state index >= 15 is 0 Å². The van der Waals surface area contributed by atoms with Gasteiger partial charge in [0.2, 0.25) is 0 Å². The molecule has 0 N–H and O–H groups in total. The number of nitrogens with zero attached hydrogens (tertiary/aromatic N) is 1. The highest BCUT2D eigenvalue weighted by molar-refractivity contribution is 5.93. The Kier molecular flexibility index (Phi) is 6.35. The zero-order valence-corrected chi connectivity index (χ0v) is 10.5. The Bertz CT molecular complexity index is 334. The molecule has 0 atom stereocenters. The first-order valence-electron chi connectivity index (χ1n) is 5.11. The summed E-state index contributed by atoms with van der Waals surface area (Å²) in [7, 11) is 1.80. The summed E-state index contributed by atoms with van der Waals surface area (Å²) < 4.78 is 0. The van der Waals surface area contributed by atoms with E-state index in [9.17, 15) is 0 Å². The molecule has 0 radical (unpaired) electrons. The van der Waals surface area contributed by atoms with E-state index in [4.69, 9.17) is 0 Å². The third kappa shape index (κ3) is 5.84. The van der Waals surface area contributed by atoms with Gasteiger partial charge in [-0.15, -0.1) is 0 Å². The molecule has 0 aromatic rings. The van der Waals surface area contributed by atoms with Gasteiger partial charge >= 0.3 is 0 Å². The Balaban J connectivity index is 5.00. The van der Waals surface area contributed by atoms with Gasteiger partial charge < -0.3 is 0 Å². The minimum absolute atomic E-state index is 1.03. The van der Waals surface area contributed by atoms with Crippen molar-refractivity contribution < 1.29 is 0 Å². The lowest BCUT2D eigenvalue weighted by molar-refractivity contribution is 1.37. The smallest absolute Gasteiger partial charge is 0.0316 e. The summed E-state index contributed by atoms with van der Waals surface area (Å²) in [6.45, 7) is 12.0. The predicted octanol–water partition coefficient (Wildman–Crippen LogP) is 4.10. The van der Waals surface area contributed by atoms with Gasteiger partial charge in [-0.2, -0.15) is 0 Å². The van der Waals surface area contributed by atoms with Crippen molar-refractivity contribution in [2.45, 2.75) is 27.7 Å². The average Bonchev–Trinajstić information content (AvgIpc) is 2.18. The molecule has 0 rings (SSSR count). The van der Waals surface area contributed by atoms with Gasteiger partial charge in [0.05, 0.1) is 0 Å². The lowest BCUT2D eigenvalue weighted by atomic mass is 10.1. The predicted molar refractivity (Wildman–Crippen MR) is 70.5 cm³/mol. The van der Waals surface area contributed by atoms with E-state index in [0.717, 1.165) is 11.3 Å². The summed E-state index contributed by atoms with van der Waals surface area (Å²) >= 11 is 0. The second-order valence-corrected chi connectivity index (χ2v) is 3.76. The van der Waals surface area contributed by atoms with Crippen LogP contribution in [0, 0.1) is 0 Å². The molecule has 0 fully saturated rings. The normalized spacial score (nSPS) is 13.8. The zero-order valence-electron chi connectivity index (χ0n) is 10.5. The highest BCUT2D eigenvalue weighted by Gasteiger charge is 1.94. The van der Waals surface area contributed by atoms with E-state index in [-0.39, 0.29) is 0 Å². The number of rotatable bonds is 4. The summed E-state index contributed by atoms with van der Waals surface area (Å²) in [5.41, 5.74) is 4.63. The van der Waals surface area contributed by atoms with Crippen LogP contribution < -0.4 is 0 Å². The van der Waals surface area contributed by atoms with Crippen LogP contribution in [0.1, 0.15) is 27.7 Å². The van der Waals surface area contributed by atoms with Crippen molar-refractivity contribution in [1.82, 2.24) is 0 Å². The largest absolute Gasteiger partial charge is 0.293 e. The minimum atomic E-state index is 1.03. The first-order chi connectivity index (χ1) is 7.01. The third-order valence-corrected chi connectivity index (χ3v) is 2.05. The van der Waals surface area contributed by atoms with Crippen LogP contribution in [0.4, 0.5) is 0 Å². The molecule has 0 unspecified atom stereocenters. The quantitative estimate of drug-likeness (QED) is 0.482. The second kappa shape index (κ2) is 6.99. The molecule has 0 bridgehead atoms. The fraction of sp³-hybridized carbons (Fsp3) is 0.357. The Morgan fingerprint density at radius 3 is 2.07 bits per heavy atom. The molecule has 0 amide bonds. The van der Waals surface area contributed by atoms with Gasteiger partial charge in [-0.1, -0.05) is 30.4 Å². The summed E-state index contributed by atoms with van der Waals surface area (Å²) in [5.74, 6) is 0. The molecule has 1 nitrogen and oxygen atoms in total. The maximum absolute atomic E-state index is 4.10. The topological polar surface area (TPSA) is 12.4 Å². The molecular formula is C14H21N. The molecule has 0 spiro atoms. The zero-order chi connectivity index (χ0) is 11.8. The average molecular weight is 203 g/mol. The molecule has 0 saturated carbocycles. The highest BCUT2D eigenvalue weighted by atomic mass is 14.7. The van der Waals surface area contributed by atoms with Crippen LogP contribution in [-0.2, 0) is 0 Å². The summed E-state index contributed by atoms with van der Waals surface area (Å²) in [6, 6.07) is 0. The maximum Gasteiger partial charge on any atom is 0.0316 e. The monoisotopic (exact) mass is 203 g/mol. The minimum Gasteiger partial charge on any atom is -0.293 e. The molecule has 82 valence electrons. The fourth-order valence-electron chi connectivity index (χ4n) is 1.08. The Hall–Kier alpha value is -1.37. The lowest BCUT2D eigenvalue weighted by Crippen LogP contribution is -1.89. The fourth-order valence-corrected chi connectivity index (χ4v) is 1.08. The van der Waals surface area contributed by atoms with Gasteiger partial charge in [-0.3, -0.25) is 4.99 Å². The van der Waals surface area contributed by atoms with E-state index < -0.39 is 0 Å². The second-order valence-electron chi connectivity index (χ2n) is 3.76. The van der Waals surface area contributed by atoms with Crippen molar-refractivity contribution >= 4 is 5.71 Å². The molecular weight excluding hydrogens is 182 g/mol. The van der Waals surface area contributed by atoms with Gasteiger partial charge in [-0.25, -0.2) is 0 Å². The van der Waals surface area contributed by atoms with E-state index in [0.29, 0.717) is 0 Å². The van der Waals surface area contributed by atoms with Crippen LogP contribution in [0.3, 0.4) is 0 Å². The third-order valence-electron chi connectivity index (χ3n) is 2.05. The number of hydrogen-bond acceptors (Lipinski definition) is 1.